The van der Waals surface area contributed by atoms with Gasteiger partial charge >= 0.3 is 0 Å². The highest BCUT2D eigenvalue weighted by Gasteiger charge is 2.20. The molecule has 2 aromatic rings. The molecule has 3 rings (SSSR count). The second-order valence-electron chi connectivity index (χ2n) is 6.02. The largest absolute Gasteiger partial charge is 0.497 e. The van der Waals surface area contributed by atoms with Gasteiger partial charge in [-0.15, -0.1) is 0 Å². The normalized spacial score (nSPS) is 18.2. The summed E-state index contributed by atoms with van der Waals surface area (Å²) in [5.74, 6) is 1.86. The average molecular weight is 332 g/mol. The smallest absolute Gasteiger partial charge is 0.138 e. The minimum atomic E-state index is -0.527. The summed E-state index contributed by atoms with van der Waals surface area (Å²) >= 11 is 0. The fourth-order valence-electron chi connectivity index (χ4n) is 2.80. The summed E-state index contributed by atoms with van der Waals surface area (Å²) in [5.41, 5.74) is 1.06. The molecule has 2 heterocycles. The van der Waals surface area contributed by atoms with Gasteiger partial charge in [-0.3, -0.25) is 0 Å². The standard InChI is InChI=1S/C17H24N4O3/c1-23-16-5-2-13(3-6-16)10-24-11-15(22)8-18-14-4-7-17-19-12-20-21(17)9-14/h2-3,5-6,12,14-15,18,22H,4,7-11H2,1H3/t14-,15+/m1/s1. The highest BCUT2D eigenvalue weighted by Crippen LogP contribution is 2.13. The lowest BCUT2D eigenvalue weighted by molar-refractivity contribution is 0.0269. The van der Waals surface area contributed by atoms with Crippen LogP contribution in [0.2, 0.25) is 0 Å². The number of methoxy groups -OCH3 is 1. The summed E-state index contributed by atoms with van der Waals surface area (Å²) in [6.45, 7) is 2.10. The molecule has 7 nitrogen and oxygen atoms in total. The van der Waals surface area contributed by atoms with E-state index in [0.29, 0.717) is 25.8 Å². The molecule has 0 saturated heterocycles. The van der Waals surface area contributed by atoms with E-state index in [4.69, 9.17) is 9.47 Å². The minimum Gasteiger partial charge on any atom is -0.497 e. The Morgan fingerprint density at radius 2 is 2.21 bits per heavy atom. The topological polar surface area (TPSA) is 81.4 Å². The highest BCUT2D eigenvalue weighted by molar-refractivity contribution is 5.26. The van der Waals surface area contributed by atoms with Crippen molar-refractivity contribution in [1.29, 1.82) is 0 Å². The Morgan fingerprint density at radius 3 is 3.00 bits per heavy atom. The van der Waals surface area contributed by atoms with Gasteiger partial charge in [0.25, 0.3) is 0 Å². The zero-order valence-corrected chi connectivity index (χ0v) is 13.9. The number of aliphatic hydroxyl groups excluding tert-OH is 1. The number of fused-ring (bicyclic) bond motifs is 1. The Balaban J connectivity index is 1.33. The SMILES string of the molecule is COc1ccc(COC[C@@H](O)CN[C@@H]2CCc3ncnn3C2)cc1. The summed E-state index contributed by atoms with van der Waals surface area (Å²) in [7, 11) is 1.64. The lowest BCUT2D eigenvalue weighted by atomic mass is 10.1. The molecule has 2 atom stereocenters. The van der Waals surface area contributed by atoms with E-state index >= 15 is 0 Å². The molecule has 0 spiro atoms. The molecular weight excluding hydrogens is 308 g/mol. The van der Waals surface area contributed by atoms with Gasteiger partial charge in [0.2, 0.25) is 0 Å². The van der Waals surface area contributed by atoms with Crippen molar-refractivity contribution in [2.45, 2.75) is 38.1 Å². The van der Waals surface area contributed by atoms with Gasteiger partial charge in [-0.25, -0.2) is 9.67 Å². The zero-order valence-electron chi connectivity index (χ0n) is 13.9. The van der Waals surface area contributed by atoms with Crippen molar-refractivity contribution in [3.8, 4) is 5.75 Å². The molecule has 0 bridgehead atoms. The second kappa shape index (κ2) is 8.23. The van der Waals surface area contributed by atoms with Crippen molar-refractivity contribution in [2.24, 2.45) is 0 Å². The van der Waals surface area contributed by atoms with Crippen molar-refractivity contribution < 1.29 is 14.6 Å². The van der Waals surface area contributed by atoms with Crippen LogP contribution in [0.5, 0.6) is 5.75 Å². The molecule has 0 aliphatic carbocycles. The van der Waals surface area contributed by atoms with E-state index in [1.807, 2.05) is 28.9 Å². The maximum atomic E-state index is 10.1. The third-order valence-corrected chi connectivity index (χ3v) is 4.19. The molecule has 1 aliphatic heterocycles. The number of rotatable bonds is 8. The first-order chi connectivity index (χ1) is 11.7. The second-order valence-corrected chi connectivity index (χ2v) is 6.02. The van der Waals surface area contributed by atoms with Crippen LogP contribution in [0, 0.1) is 0 Å². The molecule has 1 aromatic heterocycles. The Labute approximate surface area is 141 Å². The summed E-state index contributed by atoms with van der Waals surface area (Å²) in [6, 6.07) is 8.04. The molecule has 130 valence electrons. The van der Waals surface area contributed by atoms with Gasteiger partial charge in [0, 0.05) is 19.0 Å². The summed E-state index contributed by atoms with van der Waals surface area (Å²) in [4.78, 5) is 4.21. The van der Waals surface area contributed by atoms with Crippen LogP contribution < -0.4 is 10.1 Å². The lowest BCUT2D eigenvalue weighted by Crippen LogP contribution is -2.42. The number of aromatic nitrogens is 3. The molecule has 0 saturated carbocycles. The highest BCUT2D eigenvalue weighted by atomic mass is 16.5. The predicted molar refractivity (Wildman–Crippen MR) is 88.8 cm³/mol. The summed E-state index contributed by atoms with van der Waals surface area (Å²) in [6.07, 6.45) is 3.00. The molecule has 1 aliphatic rings. The molecule has 7 heteroatoms. The van der Waals surface area contributed by atoms with E-state index in [0.717, 1.165) is 36.5 Å². The Hall–Kier alpha value is -1.96. The number of ether oxygens (including phenoxy) is 2. The van der Waals surface area contributed by atoms with Crippen LogP contribution in [0.15, 0.2) is 30.6 Å². The van der Waals surface area contributed by atoms with E-state index in [2.05, 4.69) is 15.4 Å². The fourth-order valence-corrected chi connectivity index (χ4v) is 2.80. The quantitative estimate of drug-likeness (QED) is 0.743. The maximum absolute atomic E-state index is 10.1. The number of nitrogens with zero attached hydrogens (tertiary/aromatic N) is 3. The van der Waals surface area contributed by atoms with Crippen LogP contribution >= 0.6 is 0 Å². The van der Waals surface area contributed by atoms with Gasteiger partial charge in [0.15, 0.2) is 0 Å². The number of nitrogens with one attached hydrogen (secondary N) is 1. The predicted octanol–water partition coefficient (Wildman–Crippen LogP) is 0.769. The average Bonchev–Trinajstić information content (AvgIpc) is 3.08. The van der Waals surface area contributed by atoms with Gasteiger partial charge in [0.1, 0.15) is 17.9 Å². The molecule has 0 radical (unpaired) electrons. The number of hydrogen-bond donors (Lipinski definition) is 2. The van der Waals surface area contributed by atoms with E-state index in [1.54, 1.807) is 13.4 Å². The molecule has 2 N–H and O–H groups in total. The van der Waals surface area contributed by atoms with Crippen molar-refractivity contribution in [3.05, 3.63) is 42.0 Å². The first-order valence-corrected chi connectivity index (χ1v) is 8.23. The maximum Gasteiger partial charge on any atom is 0.138 e. The van der Waals surface area contributed by atoms with E-state index in [1.165, 1.54) is 0 Å². The zero-order chi connectivity index (χ0) is 16.8. The third kappa shape index (κ3) is 4.53. The van der Waals surface area contributed by atoms with Crippen molar-refractivity contribution in [1.82, 2.24) is 20.1 Å². The number of hydrogen-bond acceptors (Lipinski definition) is 6. The third-order valence-electron chi connectivity index (χ3n) is 4.19. The van der Waals surface area contributed by atoms with Crippen LogP contribution in [0.1, 0.15) is 17.8 Å². The van der Waals surface area contributed by atoms with Crippen molar-refractivity contribution >= 4 is 0 Å². The van der Waals surface area contributed by atoms with E-state index < -0.39 is 6.10 Å². The van der Waals surface area contributed by atoms with Crippen LogP contribution in [-0.2, 0) is 24.3 Å². The van der Waals surface area contributed by atoms with Crippen LogP contribution in [-0.4, -0.2) is 52.3 Å². The van der Waals surface area contributed by atoms with Gasteiger partial charge in [-0.2, -0.15) is 5.10 Å². The van der Waals surface area contributed by atoms with E-state index in [9.17, 15) is 5.11 Å². The van der Waals surface area contributed by atoms with Gasteiger partial charge < -0.3 is 19.9 Å². The van der Waals surface area contributed by atoms with E-state index in [-0.39, 0.29) is 0 Å². The molecule has 24 heavy (non-hydrogen) atoms. The lowest BCUT2D eigenvalue weighted by Gasteiger charge is -2.24. The van der Waals surface area contributed by atoms with Crippen LogP contribution in [0.25, 0.3) is 0 Å². The monoisotopic (exact) mass is 332 g/mol. The van der Waals surface area contributed by atoms with Gasteiger partial charge in [-0.1, -0.05) is 12.1 Å². The Morgan fingerprint density at radius 1 is 1.38 bits per heavy atom. The molecule has 0 unspecified atom stereocenters. The first kappa shape index (κ1) is 16.9. The van der Waals surface area contributed by atoms with Crippen LogP contribution in [0.4, 0.5) is 0 Å². The molecule has 0 fully saturated rings. The molecular formula is C17H24N4O3. The minimum absolute atomic E-state index is 0.306. The number of aryl methyl sites for hydroxylation is 1. The number of benzene rings is 1. The van der Waals surface area contributed by atoms with Crippen molar-refractivity contribution in [2.75, 3.05) is 20.3 Å². The molecule has 1 aromatic carbocycles. The Kier molecular flexibility index (Phi) is 5.79. The first-order valence-electron chi connectivity index (χ1n) is 8.23. The van der Waals surface area contributed by atoms with Gasteiger partial charge in [0.05, 0.1) is 33.0 Å². The summed E-state index contributed by atoms with van der Waals surface area (Å²) in [5, 5.41) is 17.6. The fraction of sp³-hybridized carbons (Fsp3) is 0.529. The number of aliphatic hydroxyl groups is 1. The van der Waals surface area contributed by atoms with Gasteiger partial charge in [-0.05, 0) is 24.1 Å². The Bertz CT molecular complexity index is 629. The van der Waals surface area contributed by atoms with Crippen molar-refractivity contribution in [3.63, 3.8) is 0 Å². The molecule has 0 amide bonds. The van der Waals surface area contributed by atoms with Crippen LogP contribution in [0.3, 0.4) is 0 Å². The summed E-state index contributed by atoms with van der Waals surface area (Å²) < 4.78 is 12.6.